The second-order valence-electron chi connectivity index (χ2n) is 13.5. The number of urea groups is 1. The van der Waals surface area contributed by atoms with Crippen LogP contribution in [0.3, 0.4) is 0 Å². The van der Waals surface area contributed by atoms with E-state index >= 15 is 0 Å². The van der Waals surface area contributed by atoms with Crippen LogP contribution >= 0.6 is 11.6 Å². The van der Waals surface area contributed by atoms with Gasteiger partial charge in [-0.1, -0.05) is 54.9 Å². The Balaban J connectivity index is 1.29. The molecule has 1 aliphatic rings. The Morgan fingerprint density at radius 3 is 2.00 bits per heavy atom. The topological polar surface area (TPSA) is 108 Å². The van der Waals surface area contributed by atoms with Gasteiger partial charge in [0, 0.05) is 56.5 Å². The van der Waals surface area contributed by atoms with E-state index < -0.39 is 23.9 Å². The van der Waals surface area contributed by atoms with E-state index in [1.807, 2.05) is 85.8 Å². The van der Waals surface area contributed by atoms with Crippen LogP contribution in [0.1, 0.15) is 41.6 Å². The second-order valence-corrected chi connectivity index (χ2v) is 13.9. The molecular weight excluding hydrogens is 716 g/mol. The van der Waals surface area contributed by atoms with Gasteiger partial charge in [0.25, 0.3) is 5.91 Å². The van der Waals surface area contributed by atoms with E-state index in [-0.39, 0.29) is 18.4 Å². The number of hydrogen-bond donors (Lipinski definition) is 0. The molecule has 11 nitrogen and oxygen atoms in total. The average Bonchev–Trinajstić information content (AvgIpc) is 3.22. The molecule has 3 heterocycles. The molecule has 0 radical (unpaired) electrons. The van der Waals surface area contributed by atoms with Crippen LogP contribution in [0.25, 0.3) is 0 Å². The lowest BCUT2D eigenvalue weighted by Gasteiger charge is -2.47. The molecule has 6 rings (SSSR count). The quantitative estimate of drug-likeness (QED) is 0.107. The van der Waals surface area contributed by atoms with Gasteiger partial charge >= 0.3 is 6.03 Å². The summed E-state index contributed by atoms with van der Waals surface area (Å²) in [7, 11) is 6.57. The first-order valence-electron chi connectivity index (χ1n) is 18.1. The Kier molecular flexibility index (Phi) is 12.3. The largest absolute Gasteiger partial charge is 0.497 e. The maximum absolute atomic E-state index is 14.3. The van der Waals surface area contributed by atoms with E-state index in [1.54, 1.807) is 65.1 Å². The van der Waals surface area contributed by atoms with Crippen LogP contribution in [0.2, 0.25) is 5.02 Å². The standard InChI is InChI=1S/C43H45ClN6O5/c1-6-38(32-8-7-9-33(44)26-32)48(3)43(53)50-40(42(52)47(2)34-19-21-45-22-20-34)37(41(50)51)24-31-18-23-46-39(25-31)49(27-29-10-14-35(54-4)15-11-29)28-30-12-16-36(55-5)17-13-30/h7-23,25-26,37-38,40H,6,24,27-28H2,1-5H3/t37-,38-,40+/m1/s1. The van der Waals surface area contributed by atoms with Crippen molar-refractivity contribution < 1.29 is 23.9 Å². The second kappa shape index (κ2) is 17.5. The van der Waals surface area contributed by atoms with E-state index in [1.165, 1.54) is 9.80 Å². The third kappa shape index (κ3) is 8.73. The minimum atomic E-state index is -1.04. The Bertz CT molecular complexity index is 2050. The highest BCUT2D eigenvalue weighted by molar-refractivity contribution is 6.30. The molecule has 0 unspecified atom stereocenters. The number of likely N-dealkylation sites (N-methyl/N-ethyl adjacent to an activating group) is 1. The normalized spacial score (nSPS) is 15.5. The molecule has 1 fully saturated rings. The lowest BCUT2D eigenvalue weighted by molar-refractivity contribution is -0.157. The number of rotatable bonds is 14. The van der Waals surface area contributed by atoms with Gasteiger partial charge in [0.2, 0.25) is 5.91 Å². The maximum Gasteiger partial charge on any atom is 0.327 e. The predicted octanol–water partition coefficient (Wildman–Crippen LogP) is 7.59. The van der Waals surface area contributed by atoms with E-state index in [9.17, 15) is 14.4 Å². The van der Waals surface area contributed by atoms with Crippen molar-refractivity contribution in [1.29, 1.82) is 0 Å². The number of carbonyl (C=O) groups excluding carboxylic acids is 3. The summed E-state index contributed by atoms with van der Waals surface area (Å²) in [6, 6.07) is 28.4. The van der Waals surface area contributed by atoms with Gasteiger partial charge in [-0.25, -0.2) is 9.78 Å². The number of imide groups is 1. The summed E-state index contributed by atoms with van der Waals surface area (Å²) in [5, 5.41) is 0.548. The number of nitrogens with zero attached hydrogens (tertiary/aromatic N) is 6. The van der Waals surface area contributed by atoms with Crippen molar-refractivity contribution in [3.8, 4) is 11.5 Å². The van der Waals surface area contributed by atoms with Crippen molar-refractivity contribution in [2.45, 2.75) is 44.9 Å². The minimum absolute atomic E-state index is 0.229. The Morgan fingerprint density at radius 1 is 0.818 bits per heavy atom. The molecule has 3 aromatic carbocycles. The third-order valence-corrected chi connectivity index (χ3v) is 10.3. The predicted molar refractivity (Wildman–Crippen MR) is 213 cm³/mol. The number of benzene rings is 3. The van der Waals surface area contributed by atoms with Crippen LogP contribution in [0.5, 0.6) is 11.5 Å². The summed E-state index contributed by atoms with van der Waals surface area (Å²) in [5.74, 6) is 0.666. The van der Waals surface area contributed by atoms with Crippen LogP contribution in [-0.2, 0) is 29.1 Å². The summed E-state index contributed by atoms with van der Waals surface area (Å²) >= 11 is 6.30. The van der Waals surface area contributed by atoms with Crippen molar-refractivity contribution in [2.24, 2.45) is 5.92 Å². The molecule has 5 aromatic rings. The summed E-state index contributed by atoms with van der Waals surface area (Å²) in [4.78, 5) is 57.8. The van der Waals surface area contributed by atoms with Crippen LogP contribution < -0.4 is 19.3 Å². The molecule has 4 amide bonds. The molecule has 0 bridgehead atoms. The molecule has 2 aromatic heterocycles. The van der Waals surface area contributed by atoms with Gasteiger partial charge in [-0.3, -0.25) is 19.5 Å². The average molecular weight is 761 g/mol. The SMILES string of the molecule is CC[C@H](c1cccc(Cl)c1)N(C)C(=O)N1C(=O)[C@H](Cc2ccnc(N(Cc3ccc(OC)cc3)Cc3ccc(OC)cc3)c2)[C@H]1C(=O)N(C)c1ccncc1. The number of carbonyl (C=O) groups is 3. The zero-order valence-corrected chi connectivity index (χ0v) is 32.4. The summed E-state index contributed by atoms with van der Waals surface area (Å²) in [5.41, 5.74) is 4.37. The van der Waals surface area contributed by atoms with Gasteiger partial charge in [0.15, 0.2) is 0 Å². The first-order chi connectivity index (χ1) is 26.6. The highest BCUT2D eigenvalue weighted by Crippen LogP contribution is 2.36. The van der Waals surface area contributed by atoms with Crippen molar-refractivity contribution in [3.05, 3.63) is 143 Å². The fourth-order valence-corrected chi connectivity index (χ4v) is 7.22. The number of β-lactam (4-membered cyclic amide) rings is 1. The number of methoxy groups -OCH3 is 2. The van der Waals surface area contributed by atoms with E-state index in [0.717, 1.165) is 38.7 Å². The highest BCUT2D eigenvalue weighted by Gasteiger charge is 2.56. The lowest BCUT2D eigenvalue weighted by Crippen LogP contribution is -2.70. The van der Waals surface area contributed by atoms with Crippen LogP contribution in [0.4, 0.5) is 16.3 Å². The van der Waals surface area contributed by atoms with E-state index in [0.29, 0.717) is 36.0 Å². The Morgan fingerprint density at radius 2 is 1.44 bits per heavy atom. The Labute approximate surface area is 327 Å². The number of ether oxygens (including phenoxy) is 2. The Hall–Kier alpha value is -5.94. The van der Waals surface area contributed by atoms with Crippen LogP contribution in [-0.4, -0.2) is 72.0 Å². The zero-order valence-electron chi connectivity index (χ0n) is 31.6. The van der Waals surface area contributed by atoms with Crippen molar-refractivity contribution >= 4 is 41.0 Å². The number of anilines is 2. The molecule has 0 spiro atoms. The minimum Gasteiger partial charge on any atom is -0.497 e. The molecule has 12 heteroatoms. The molecule has 284 valence electrons. The number of hydrogen-bond acceptors (Lipinski definition) is 8. The monoisotopic (exact) mass is 760 g/mol. The fourth-order valence-electron chi connectivity index (χ4n) is 7.02. The van der Waals surface area contributed by atoms with Gasteiger partial charge < -0.3 is 24.2 Å². The third-order valence-electron chi connectivity index (χ3n) is 10.1. The zero-order chi connectivity index (χ0) is 39.1. The number of amides is 4. The van der Waals surface area contributed by atoms with E-state index in [2.05, 4.69) is 9.88 Å². The summed E-state index contributed by atoms with van der Waals surface area (Å²) < 4.78 is 10.7. The van der Waals surface area contributed by atoms with Crippen molar-refractivity contribution in [1.82, 2.24) is 19.8 Å². The molecule has 0 aliphatic carbocycles. The van der Waals surface area contributed by atoms with Gasteiger partial charge in [-0.15, -0.1) is 0 Å². The molecule has 0 N–H and O–H groups in total. The first kappa shape index (κ1) is 38.8. The molecule has 1 saturated heterocycles. The first-order valence-corrected chi connectivity index (χ1v) is 18.5. The van der Waals surface area contributed by atoms with Gasteiger partial charge in [-0.2, -0.15) is 0 Å². The molecular formula is C43H45ClN6O5. The molecule has 0 saturated carbocycles. The summed E-state index contributed by atoms with van der Waals surface area (Å²) in [6.07, 6.45) is 5.71. The number of pyridine rings is 2. The van der Waals surface area contributed by atoms with Crippen molar-refractivity contribution in [3.63, 3.8) is 0 Å². The van der Waals surface area contributed by atoms with E-state index in [4.69, 9.17) is 26.1 Å². The maximum atomic E-state index is 14.3. The molecule has 55 heavy (non-hydrogen) atoms. The summed E-state index contributed by atoms with van der Waals surface area (Å²) in [6.45, 7) is 3.06. The highest BCUT2D eigenvalue weighted by atomic mass is 35.5. The van der Waals surface area contributed by atoms with Crippen molar-refractivity contribution in [2.75, 3.05) is 38.1 Å². The van der Waals surface area contributed by atoms with Gasteiger partial charge in [-0.05, 0) is 95.8 Å². The van der Waals surface area contributed by atoms with Crippen LogP contribution in [0, 0.1) is 5.92 Å². The number of likely N-dealkylation sites (tertiary alicyclic amines) is 1. The lowest BCUT2D eigenvalue weighted by atomic mass is 9.81. The molecule has 1 aliphatic heterocycles. The fraction of sp³-hybridized carbons (Fsp3) is 0.279. The number of aromatic nitrogens is 2. The molecule has 3 atom stereocenters. The van der Waals surface area contributed by atoms with Gasteiger partial charge in [0.1, 0.15) is 23.4 Å². The number of halogens is 1. The van der Waals surface area contributed by atoms with Crippen LogP contribution in [0.15, 0.2) is 116 Å². The van der Waals surface area contributed by atoms with Gasteiger partial charge in [0.05, 0.1) is 26.2 Å². The smallest absolute Gasteiger partial charge is 0.327 e.